The summed E-state index contributed by atoms with van der Waals surface area (Å²) < 4.78 is 3.66. The van der Waals surface area contributed by atoms with Gasteiger partial charge < -0.3 is 0 Å². The van der Waals surface area contributed by atoms with Crippen molar-refractivity contribution in [3.63, 3.8) is 0 Å². The lowest BCUT2D eigenvalue weighted by Gasteiger charge is -2.06. The lowest BCUT2D eigenvalue weighted by molar-refractivity contribution is 0.463. The van der Waals surface area contributed by atoms with E-state index in [1.165, 1.54) is 0 Å². The zero-order valence-electron chi connectivity index (χ0n) is 6.22. The van der Waals surface area contributed by atoms with Gasteiger partial charge in [0.25, 0.3) is 12.4 Å². The van der Waals surface area contributed by atoms with Crippen LogP contribution >= 0.6 is 0 Å². The van der Waals surface area contributed by atoms with Gasteiger partial charge in [-0.15, -0.1) is 4.04 Å². The molecule has 0 unspecified atom stereocenters. The maximum Gasteiger partial charge on any atom is 0.360 e. The minimum absolute atomic E-state index is 0.940. The van der Waals surface area contributed by atoms with Crippen LogP contribution in [0.1, 0.15) is 20.8 Å². The van der Waals surface area contributed by atoms with Crippen molar-refractivity contribution in [2.45, 2.75) is 20.8 Å². The van der Waals surface area contributed by atoms with Gasteiger partial charge >= 0.3 is 5.84 Å². The molecule has 0 aliphatic heterocycles. The standard InChI is InChI=1S/C6H13N2S/c1-4-8(5-2)6(3)7-9/h4-5H2,1-3H3/q+1. The second-order valence-electron chi connectivity index (χ2n) is 1.81. The zero-order valence-corrected chi connectivity index (χ0v) is 7.03. The van der Waals surface area contributed by atoms with E-state index in [-0.39, 0.29) is 0 Å². The smallest absolute Gasteiger partial charge is 0.252 e. The summed E-state index contributed by atoms with van der Waals surface area (Å²) >= 11 is 4.53. The Balaban J connectivity index is 3.95. The predicted molar refractivity (Wildman–Crippen MR) is 43.1 cm³/mol. The summed E-state index contributed by atoms with van der Waals surface area (Å²) in [5.74, 6) is 0.940. The van der Waals surface area contributed by atoms with Gasteiger partial charge in [0.15, 0.2) is 0 Å². The van der Waals surface area contributed by atoms with Crippen molar-refractivity contribution in [1.29, 1.82) is 0 Å². The fourth-order valence-electron chi connectivity index (χ4n) is 0.739. The van der Waals surface area contributed by atoms with Crippen molar-refractivity contribution in [1.82, 2.24) is 8.94 Å². The predicted octanol–water partition coefficient (Wildman–Crippen LogP) is 0.544. The lowest BCUT2D eigenvalue weighted by atomic mass is 10.5. The third-order valence-corrected chi connectivity index (χ3v) is 1.62. The molecule has 0 radical (unpaired) electrons. The van der Waals surface area contributed by atoms with Crippen LogP contribution in [0, 0.1) is 0 Å². The number of hydrogen-bond acceptors (Lipinski definition) is 1. The third kappa shape index (κ3) is 2.59. The molecule has 3 heteroatoms. The largest absolute Gasteiger partial charge is 0.360 e. The second kappa shape index (κ2) is 4.48. The van der Waals surface area contributed by atoms with Gasteiger partial charge in [0.05, 0.1) is 20.0 Å². The molecule has 2 nitrogen and oxygen atoms in total. The first-order valence-corrected chi connectivity index (χ1v) is 3.54. The first-order chi connectivity index (χ1) is 4.26. The molecule has 0 N–H and O–H groups in total. The van der Waals surface area contributed by atoms with E-state index in [1.807, 2.05) is 6.92 Å². The average molecular weight is 145 g/mol. The number of rotatable bonds is 2. The van der Waals surface area contributed by atoms with Crippen LogP contribution in [0.4, 0.5) is 0 Å². The minimum Gasteiger partial charge on any atom is -0.252 e. The third-order valence-electron chi connectivity index (χ3n) is 1.35. The van der Waals surface area contributed by atoms with Crippen molar-refractivity contribution in [2.75, 3.05) is 13.1 Å². The molecule has 0 aromatic heterocycles. The summed E-state index contributed by atoms with van der Waals surface area (Å²) in [4.78, 5) is 2.12. The highest BCUT2D eigenvalue weighted by atomic mass is 32.1. The Hall–Kier alpha value is -0.400. The Morgan fingerprint density at radius 3 is 2.00 bits per heavy atom. The van der Waals surface area contributed by atoms with Crippen molar-refractivity contribution >= 4 is 18.3 Å². The summed E-state index contributed by atoms with van der Waals surface area (Å²) in [5.41, 5.74) is 0. The fourth-order valence-corrected chi connectivity index (χ4v) is 0.854. The highest BCUT2D eigenvalue weighted by Gasteiger charge is 2.09. The molecule has 0 aliphatic carbocycles. The summed E-state index contributed by atoms with van der Waals surface area (Å²) in [7, 11) is 0. The van der Waals surface area contributed by atoms with Gasteiger partial charge in [-0.25, -0.2) is 0 Å². The Bertz CT molecular complexity index is 123. The molecule has 0 bridgehead atoms. The number of hydrogen-bond donors (Lipinski definition) is 0. The topological polar surface area (TPSA) is 17.3 Å². The normalized spacial score (nSPS) is 8.33. The Morgan fingerprint density at radius 2 is 1.89 bits per heavy atom. The number of amidine groups is 1. The van der Waals surface area contributed by atoms with Crippen LogP contribution in [0.15, 0.2) is 0 Å². The molecule has 0 aromatic carbocycles. The van der Waals surface area contributed by atoms with E-state index in [9.17, 15) is 0 Å². The molecule has 0 saturated carbocycles. The highest BCUT2D eigenvalue weighted by Crippen LogP contribution is 1.84. The van der Waals surface area contributed by atoms with Crippen LogP contribution in [-0.2, 0) is 12.4 Å². The molecule has 52 valence electrons. The molecule has 0 spiro atoms. The van der Waals surface area contributed by atoms with Crippen LogP contribution in [0.2, 0.25) is 0 Å². The van der Waals surface area contributed by atoms with Crippen LogP contribution in [-0.4, -0.2) is 23.8 Å². The SMILES string of the molecule is CCN(CC)C(C)=[N+]=S. The molecule has 0 aliphatic rings. The molecular formula is C6H13N2S+. The highest BCUT2D eigenvalue weighted by molar-refractivity contribution is 7.46. The van der Waals surface area contributed by atoms with E-state index < -0.39 is 0 Å². The van der Waals surface area contributed by atoms with E-state index in [1.54, 1.807) is 0 Å². The number of nitrogens with zero attached hydrogens (tertiary/aromatic N) is 2. The molecule has 0 rings (SSSR count). The maximum absolute atomic E-state index is 4.53. The summed E-state index contributed by atoms with van der Waals surface area (Å²) in [6.07, 6.45) is 0. The van der Waals surface area contributed by atoms with Crippen LogP contribution in [0.25, 0.3) is 0 Å². The quantitative estimate of drug-likeness (QED) is 0.320. The van der Waals surface area contributed by atoms with Crippen molar-refractivity contribution in [3.05, 3.63) is 0 Å². The summed E-state index contributed by atoms with van der Waals surface area (Å²) in [6.45, 7) is 8.09. The molecule has 9 heavy (non-hydrogen) atoms. The molecule has 0 atom stereocenters. The van der Waals surface area contributed by atoms with Gasteiger partial charge in [-0.3, -0.25) is 4.90 Å². The van der Waals surface area contributed by atoms with Crippen molar-refractivity contribution in [2.24, 2.45) is 0 Å². The average Bonchev–Trinajstić information content (AvgIpc) is 1.90. The first kappa shape index (κ1) is 8.60. The van der Waals surface area contributed by atoms with Gasteiger partial charge in [-0.2, -0.15) is 0 Å². The van der Waals surface area contributed by atoms with Gasteiger partial charge in [0.2, 0.25) is 0 Å². The van der Waals surface area contributed by atoms with E-state index in [0.717, 1.165) is 18.9 Å². The van der Waals surface area contributed by atoms with Gasteiger partial charge in [0.1, 0.15) is 0 Å². The minimum atomic E-state index is 0.940. The Kier molecular flexibility index (Phi) is 4.28. The maximum atomic E-state index is 4.53. The zero-order chi connectivity index (χ0) is 7.28. The van der Waals surface area contributed by atoms with Crippen molar-refractivity contribution < 1.29 is 0 Å². The summed E-state index contributed by atoms with van der Waals surface area (Å²) in [6, 6.07) is 0. The van der Waals surface area contributed by atoms with Gasteiger partial charge in [-0.1, -0.05) is 0 Å². The Labute approximate surface area is 61.8 Å². The monoisotopic (exact) mass is 145 g/mol. The molecule has 0 fully saturated rings. The summed E-state index contributed by atoms with van der Waals surface area (Å²) in [5, 5.41) is 0. The first-order valence-electron chi connectivity index (χ1n) is 3.18. The molecule has 0 aromatic rings. The second-order valence-corrected chi connectivity index (χ2v) is 1.99. The van der Waals surface area contributed by atoms with Crippen molar-refractivity contribution in [3.8, 4) is 0 Å². The van der Waals surface area contributed by atoms with E-state index in [2.05, 4.69) is 35.2 Å². The van der Waals surface area contributed by atoms with Crippen LogP contribution in [0.3, 0.4) is 0 Å². The van der Waals surface area contributed by atoms with E-state index >= 15 is 0 Å². The van der Waals surface area contributed by atoms with E-state index in [0.29, 0.717) is 0 Å². The molecule has 0 saturated heterocycles. The van der Waals surface area contributed by atoms with E-state index in [4.69, 9.17) is 0 Å². The molecular weight excluding hydrogens is 132 g/mol. The fraction of sp³-hybridized carbons (Fsp3) is 0.833. The van der Waals surface area contributed by atoms with Gasteiger partial charge in [0, 0.05) is 0 Å². The van der Waals surface area contributed by atoms with Crippen LogP contribution < -0.4 is 4.04 Å². The lowest BCUT2D eigenvalue weighted by Crippen LogP contribution is -2.29. The molecule has 0 heterocycles. The van der Waals surface area contributed by atoms with Crippen LogP contribution in [0.5, 0.6) is 0 Å². The molecule has 0 amide bonds. The Morgan fingerprint density at radius 1 is 1.44 bits per heavy atom. The van der Waals surface area contributed by atoms with Gasteiger partial charge in [-0.05, 0) is 13.8 Å².